The van der Waals surface area contributed by atoms with Crippen LogP contribution in [0, 0.1) is 5.92 Å². The number of imidazole rings is 1. The van der Waals surface area contributed by atoms with Crippen LogP contribution in [0.15, 0.2) is 42.5 Å². The molecule has 166 valence electrons. The minimum absolute atomic E-state index is 0. The highest BCUT2D eigenvalue weighted by Gasteiger charge is 2.34. The van der Waals surface area contributed by atoms with Gasteiger partial charge in [-0.1, -0.05) is 31.4 Å². The summed E-state index contributed by atoms with van der Waals surface area (Å²) < 4.78 is 13.2. The van der Waals surface area contributed by atoms with Gasteiger partial charge < -0.3 is 19.4 Å². The van der Waals surface area contributed by atoms with E-state index in [1.165, 1.54) is 6.42 Å². The Morgan fingerprint density at radius 2 is 1.84 bits per heavy atom. The van der Waals surface area contributed by atoms with Crippen LogP contribution in [0.4, 0.5) is 0 Å². The Hall–Kier alpha value is -2.73. The maximum Gasteiger partial charge on any atom is 0.243 e. The second-order valence-electron chi connectivity index (χ2n) is 7.82. The van der Waals surface area contributed by atoms with Crippen LogP contribution in [-0.4, -0.2) is 36.7 Å². The zero-order valence-electron chi connectivity index (χ0n) is 18.3. The van der Waals surface area contributed by atoms with E-state index in [0.717, 1.165) is 48.1 Å². The zero-order chi connectivity index (χ0) is 21.1. The number of methoxy groups -OCH3 is 2. The molecule has 3 aromatic rings. The summed E-state index contributed by atoms with van der Waals surface area (Å²) in [5.41, 5.74) is 2.68. The molecule has 0 bridgehead atoms. The molecule has 1 amide bonds. The second kappa shape index (κ2) is 10.1. The molecule has 0 radical (unpaired) electrons. The Bertz CT molecular complexity index is 1040. The van der Waals surface area contributed by atoms with Gasteiger partial charge in [0.25, 0.3) is 0 Å². The van der Waals surface area contributed by atoms with E-state index in [9.17, 15) is 4.79 Å². The van der Waals surface area contributed by atoms with Gasteiger partial charge in [0, 0.05) is 13.1 Å². The summed E-state index contributed by atoms with van der Waals surface area (Å²) in [6.07, 6.45) is 5.65. The Morgan fingerprint density at radius 3 is 2.52 bits per heavy atom. The van der Waals surface area contributed by atoms with Crippen molar-refractivity contribution >= 4 is 29.3 Å². The third kappa shape index (κ3) is 4.35. The number of nitrogens with one attached hydrogen (secondary N) is 1. The molecule has 31 heavy (non-hydrogen) atoms. The van der Waals surface area contributed by atoms with Crippen LogP contribution in [0.5, 0.6) is 11.5 Å². The van der Waals surface area contributed by atoms with Gasteiger partial charge in [0.05, 0.1) is 30.8 Å². The molecule has 1 fully saturated rings. The molecule has 2 aromatic carbocycles. The van der Waals surface area contributed by atoms with Crippen LogP contribution in [-0.2, 0) is 4.79 Å². The fourth-order valence-corrected chi connectivity index (χ4v) is 4.64. The third-order valence-corrected chi connectivity index (χ3v) is 6.13. The molecular weight excluding hydrogens is 414 g/mol. The van der Waals surface area contributed by atoms with Gasteiger partial charge in [0.15, 0.2) is 0 Å². The highest BCUT2D eigenvalue weighted by Crippen LogP contribution is 2.41. The van der Waals surface area contributed by atoms with Crippen LogP contribution >= 0.6 is 12.4 Å². The first-order chi connectivity index (χ1) is 14.7. The first kappa shape index (κ1) is 22.9. The number of carbonyl (C=O) groups excluding carboxylic acids is 1. The number of nitrogens with zero attached hydrogens (tertiary/aromatic N) is 2. The van der Waals surface area contributed by atoms with Gasteiger partial charge in [-0.15, -0.1) is 12.4 Å². The smallest absolute Gasteiger partial charge is 0.243 e. The van der Waals surface area contributed by atoms with Crippen LogP contribution in [0.3, 0.4) is 0 Å². The number of rotatable bonds is 6. The Kier molecular flexibility index (Phi) is 7.44. The number of hydrogen-bond donors (Lipinski definition) is 1. The molecule has 7 heteroatoms. The number of carbonyl (C=O) groups is 1. The van der Waals surface area contributed by atoms with Crippen LogP contribution in [0.25, 0.3) is 22.4 Å². The molecular formula is C24H30ClN3O3. The largest absolute Gasteiger partial charge is 0.497 e. The summed E-state index contributed by atoms with van der Waals surface area (Å²) in [6.45, 7) is 0. The van der Waals surface area contributed by atoms with E-state index in [-0.39, 0.29) is 30.3 Å². The number of halogens is 1. The monoisotopic (exact) mass is 443 g/mol. The summed E-state index contributed by atoms with van der Waals surface area (Å²) in [4.78, 5) is 18.1. The maximum atomic E-state index is 13.2. The van der Waals surface area contributed by atoms with Crippen LogP contribution < -0.4 is 14.8 Å². The second-order valence-corrected chi connectivity index (χ2v) is 7.82. The molecule has 1 heterocycles. The van der Waals surface area contributed by atoms with Crippen LogP contribution in [0.1, 0.15) is 38.1 Å². The minimum Gasteiger partial charge on any atom is -0.497 e. The molecule has 1 saturated carbocycles. The van der Waals surface area contributed by atoms with Crippen molar-refractivity contribution in [1.29, 1.82) is 0 Å². The van der Waals surface area contributed by atoms with Gasteiger partial charge in [-0.2, -0.15) is 0 Å². The summed E-state index contributed by atoms with van der Waals surface area (Å²) in [5, 5.41) is 2.90. The number of hydrogen-bond acceptors (Lipinski definition) is 4. The van der Waals surface area contributed by atoms with Gasteiger partial charge in [0.1, 0.15) is 23.4 Å². The molecule has 1 unspecified atom stereocenters. The van der Waals surface area contributed by atoms with E-state index in [0.29, 0.717) is 11.5 Å². The lowest BCUT2D eigenvalue weighted by Crippen LogP contribution is -2.36. The minimum atomic E-state index is -0.315. The molecule has 1 N–H and O–H groups in total. The molecule has 1 aliphatic carbocycles. The van der Waals surface area contributed by atoms with E-state index in [1.54, 1.807) is 21.3 Å². The van der Waals surface area contributed by atoms with Crippen LogP contribution in [0.2, 0.25) is 0 Å². The van der Waals surface area contributed by atoms with Crippen molar-refractivity contribution in [2.24, 2.45) is 5.92 Å². The number of amides is 1. The first-order valence-electron chi connectivity index (χ1n) is 10.6. The van der Waals surface area contributed by atoms with Crippen molar-refractivity contribution in [2.45, 2.75) is 38.1 Å². The van der Waals surface area contributed by atoms with Crippen molar-refractivity contribution in [3.8, 4) is 22.9 Å². The molecule has 0 spiro atoms. The number of ether oxygens (including phenoxy) is 2. The van der Waals surface area contributed by atoms with Gasteiger partial charge in [0.2, 0.25) is 5.91 Å². The summed E-state index contributed by atoms with van der Waals surface area (Å²) >= 11 is 0. The molecule has 1 atom stereocenters. The molecule has 0 aliphatic heterocycles. The van der Waals surface area contributed by atoms with E-state index in [2.05, 4.69) is 9.88 Å². The van der Waals surface area contributed by atoms with Crippen molar-refractivity contribution in [1.82, 2.24) is 14.9 Å². The molecule has 6 nitrogen and oxygen atoms in total. The van der Waals surface area contributed by atoms with Crippen molar-refractivity contribution < 1.29 is 14.3 Å². The average Bonchev–Trinajstić information content (AvgIpc) is 3.18. The lowest BCUT2D eigenvalue weighted by atomic mass is 9.83. The number of likely N-dealkylation sites (N-methyl/N-ethyl adjacent to an activating group) is 1. The summed E-state index contributed by atoms with van der Waals surface area (Å²) in [7, 11) is 4.99. The fourth-order valence-electron chi connectivity index (χ4n) is 4.64. The highest BCUT2D eigenvalue weighted by molar-refractivity contribution is 5.88. The van der Waals surface area contributed by atoms with Gasteiger partial charge in [-0.3, -0.25) is 4.79 Å². The first-order valence-corrected chi connectivity index (χ1v) is 10.6. The quantitative estimate of drug-likeness (QED) is 0.581. The zero-order valence-corrected chi connectivity index (χ0v) is 19.1. The molecule has 1 aromatic heterocycles. The lowest BCUT2D eigenvalue weighted by Gasteiger charge is -2.31. The third-order valence-electron chi connectivity index (χ3n) is 6.13. The number of para-hydroxylation sites is 2. The Balaban J connectivity index is 0.00000272. The van der Waals surface area contributed by atoms with Gasteiger partial charge in [-0.25, -0.2) is 4.98 Å². The van der Waals surface area contributed by atoms with E-state index in [1.807, 2.05) is 42.5 Å². The van der Waals surface area contributed by atoms with Crippen molar-refractivity contribution in [3.05, 3.63) is 42.5 Å². The SMILES string of the molecule is CNC(=O)C(C1CCCCC1)n1c(-c2ccc(OC)cc2OC)nc2ccccc21.Cl. The average molecular weight is 444 g/mol. The molecule has 0 saturated heterocycles. The predicted octanol–water partition coefficient (Wildman–Crippen LogP) is 5.01. The summed E-state index contributed by atoms with van der Waals surface area (Å²) in [5.74, 6) is 2.44. The predicted molar refractivity (Wildman–Crippen MR) is 125 cm³/mol. The van der Waals surface area contributed by atoms with Gasteiger partial charge >= 0.3 is 0 Å². The Morgan fingerprint density at radius 1 is 1.10 bits per heavy atom. The fraction of sp³-hybridized carbons (Fsp3) is 0.417. The topological polar surface area (TPSA) is 65.4 Å². The van der Waals surface area contributed by atoms with Crippen molar-refractivity contribution in [3.63, 3.8) is 0 Å². The van der Waals surface area contributed by atoms with E-state index in [4.69, 9.17) is 14.5 Å². The lowest BCUT2D eigenvalue weighted by molar-refractivity contribution is -0.125. The number of aromatic nitrogens is 2. The maximum absolute atomic E-state index is 13.2. The normalized spacial score (nSPS) is 15.2. The standard InChI is InChI=1S/C24H29N3O3.ClH/c1-25-24(28)22(16-9-5-4-6-10-16)27-20-12-8-7-11-19(20)26-23(27)18-14-13-17(29-2)15-21(18)30-3;/h7-8,11-16,22H,4-6,9-10H2,1-3H3,(H,25,28);1H. The number of fused-ring (bicyclic) bond motifs is 1. The van der Waals surface area contributed by atoms with Gasteiger partial charge in [-0.05, 0) is 43.0 Å². The van der Waals surface area contributed by atoms with E-state index >= 15 is 0 Å². The Labute approximate surface area is 189 Å². The van der Waals surface area contributed by atoms with Crippen molar-refractivity contribution in [2.75, 3.05) is 21.3 Å². The highest BCUT2D eigenvalue weighted by atomic mass is 35.5. The molecule has 1 aliphatic rings. The van der Waals surface area contributed by atoms with E-state index < -0.39 is 0 Å². The number of benzene rings is 2. The molecule has 4 rings (SSSR count). The summed E-state index contributed by atoms with van der Waals surface area (Å²) in [6, 6.07) is 13.4.